The van der Waals surface area contributed by atoms with Crippen molar-refractivity contribution in [1.29, 1.82) is 0 Å². The number of aryl methyl sites for hydroxylation is 3. The monoisotopic (exact) mass is 368 g/mol. The quantitative estimate of drug-likeness (QED) is 0.392. The number of benzene rings is 1. The third-order valence-corrected chi connectivity index (χ3v) is 4.16. The van der Waals surface area contributed by atoms with Gasteiger partial charge in [0.1, 0.15) is 0 Å². The van der Waals surface area contributed by atoms with Gasteiger partial charge in [-0.05, 0) is 32.0 Å². The minimum Gasteiger partial charge on any atom is -0.383 e. The predicted octanol–water partition coefficient (Wildman–Crippen LogP) is 2.34. The van der Waals surface area contributed by atoms with E-state index in [0.717, 1.165) is 22.5 Å². The second kappa shape index (κ2) is 7.40. The van der Waals surface area contributed by atoms with Crippen LogP contribution in [0, 0.1) is 24.0 Å². The maximum atomic E-state index is 12.6. The topological polar surface area (TPSA) is 115 Å². The Balaban J connectivity index is 1.63. The molecule has 0 atom stereocenters. The Hall–Kier alpha value is -3.49. The average Bonchev–Trinajstić information content (AvgIpc) is 2.92. The molecule has 1 amide bonds. The number of pyridine rings is 1. The molecule has 0 bridgehead atoms. The van der Waals surface area contributed by atoms with Gasteiger partial charge < -0.3 is 10.6 Å². The van der Waals surface area contributed by atoms with Crippen molar-refractivity contribution >= 4 is 28.3 Å². The Bertz CT molecular complexity index is 1010. The number of carbonyl (C=O) groups excluding carboxylic acids is 1. The van der Waals surface area contributed by atoms with Gasteiger partial charge in [-0.3, -0.25) is 19.6 Å². The highest BCUT2D eigenvalue weighted by Gasteiger charge is 2.17. The van der Waals surface area contributed by atoms with E-state index < -0.39 is 4.92 Å². The maximum absolute atomic E-state index is 12.6. The summed E-state index contributed by atoms with van der Waals surface area (Å²) in [6.45, 7) is 4.59. The van der Waals surface area contributed by atoms with E-state index in [9.17, 15) is 14.9 Å². The molecule has 0 saturated heterocycles. The number of rotatable bonds is 6. The van der Waals surface area contributed by atoms with Crippen LogP contribution in [-0.4, -0.2) is 38.7 Å². The third-order valence-electron chi connectivity index (χ3n) is 4.16. The normalized spacial score (nSPS) is 10.8. The lowest BCUT2D eigenvalue weighted by Crippen LogP contribution is -2.29. The van der Waals surface area contributed by atoms with Crippen LogP contribution in [0.2, 0.25) is 0 Å². The molecule has 9 heteroatoms. The van der Waals surface area contributed by atoms with Crippen LogP contribution in [0.15, 0.2) is 30.3 Å². The van der Waals surface area contributed by atoms with Gasteiger partial charge in [-0.2, -0.15) is 5.10 Å². The van der Waals surface area contributed by atoms with Crippen molar-refractivity contribution in [3.8, 4) is 0 Å². The first-order valence-corrected chi connectivity index (χ1v) is 8.44. The Morgan fingerprint density at radius 2 is 1.93 bits per heavy atom. The van der Waals surface area contributed by atoms with Gasteiger partial charge in [0, 0.05) is 43.7 Å². The van der Waals surface area contributed by atoms with Gasteiger partial charge in [0.15, 0.2) is 5.65 Å². The number of hydrogen-bond acceptors (Lipinski definition) is 6. The van der Waals surface area contributed by atoms with Gasteiger partial charge in [0.05, 0.1) is 21.6 Å². The van der Waals surface area contributed by atoms with E-state index in [1.807, 2.05) is 13.8 Å². The van der Waals surface area contributed by atoms with Crippen molar-refractivity contribution in [2.24, 2.45) is 7.05 Å². The lowest BCUT2D eigenvalue weighted by molar-refractivity contribution is -0.384. The van der Waals surface area contributed by atoms with Crippen LogP contribution in [-0.2, 0) is 7.05 Å². The van der Waals surface area contributed by atoms with Crippen LogP contribution in [0.3, 0.4) is 0 Å². The minimum absolute atomic E-state index is 0.0396. The Kier molecular flexibility index (Phi) is 5.02. The largest absolute Gasteiger partial charge is 0.383 e. The molecule has 140 valence electrons. The van der Waals surface area contributed by atoms with Crippen molar-refractivity contribution in [1.82, 2.24) is 20.1 Å². The number of fused-ring (bicyclic) bond motifs is 1. The first-order valence-electron chi connectivity index (χ1n) is 8.44. The summed E-state index contributed by atoms with van der Waals surface area (Å²) < 4.78 is 1.67. The molecule has 3 rings (SSSR count). The standard InChI is InChI=1S/C18H20N6O3/c1-11-10-15(16-12(2)22-23(3)17(16)21-11)18(25)20-9-8-19-13-4-6-14(7-5-13)24(26)27/h4-7,10,19H,8-9H2,1-3H3,(H,20,25). The van der Waals surface area contributed by atoms with E-state index in [4.69, 9.17) is 0 Å². The number of nitrogens with zero attached hydrogens (tertiary/aromatic N) is 4. The zero-order chi connectivity index (χ0) is 19.6. The highest BCUT2D eigenvalue weighted by molar-refractivity contribution is 6.06. The van der Waals surface area contributed by atoms with Crippen molar-refractivity contribution in [3.63, 3.8) is 0 Å². The zero-order valence-corrected chi connectivity index (χ0v) is 15.3. The van der Waals surface area contributed by atoms with Crippen LogP contribution in [0.5, 0.6) is 0 Å². The molecule has 2 N–H and O–H groups in total. The summed E-state index contributed by atoms with van der Waals surface area (Å²) in [5.74, 6) is -0.188. The molecule has 2 aromatic heterocycles. The van der Waals surface area contributed by atoms with Gasteiger partial charge in [0.2, 0.25) is 0 Å². The van der Waals surface area contributed by atoms with E-state index in [0.29, 0.717) is 24.3 Å². The molecule has 2 heterocycles. The molecule has 1 aromatic carbocycles. The van der Waals surface area contributed by atoms with E-state index in [2.05, 4.69) is 20.7 Å². The van der Waals surface area contributed by atoms with Crippen molar-refractivity contribution in [3.05, 3.63) is 57.4 Å². The Morgan fingerprint density at radius 3 is 2.59 bits per heavy atom. The van der Waals surface area contributed by atoms with Crippen LogP contribution >= 0.6 is 0 Å². The van der Waals surface area contributed by atoms with Gasteiger partial charge >= 0.3 is 0 Å². The maximum Gasteiger partial charge on any atom is 0.269 e. The number of nitro benzene ring substituents is 1. The molecule has 27 heavy (non-hydrogen) atoms. The average molecular weight is 368 g/mol. The number of amides is 1. The number of aromatic nitrogens is 3. The van der Waals surface area contributed by atoms with E-state index in [1.54, 1.807) is 29.9 Å². The highest BCUT2D eigenvalue weighted by atomic mass is 16.6. The number of anilines is 1. The highest BCUT2D eigenvalue weighted by Crippen LogP contribution is 2.21. The summed E-state index contributed by atoms with van der Waals surface area (Å²) >= 11 is 0. The molecule has 0 spiro atoms. The fourth-order valence-corrected chi connectivity index (χ4v) is 2.93. The molecule has 0 aliphatic rings. The molecule has 3 aromatic rings. The number of non-ortho nitro benzene ring substituents is 1. The summed E-state index contributed by atoms with van der Waals surface area (Å²) in [5.41, 5.74) is 3.53. The molecule has 0 aliphatic heterocycles. The van der Waals surface area contributed by atoms with Crippen LogP contribution in [0.4, 0.5) is 11.4 Å². The van der Waals surface area contributed by atoms with Crippen LogP contribution < -0.4 is 10.6 Å². The smallest absolute Gasteiger partial charge is 0.269 e. The third kappa shape index (κ3) is 3.86. The molecular formula is C18H20N6O3. The van der Waals surface area contributed by atoms with E-state index >= 15 is 0 Å². The fraction of sp³-hybridized carbons (Fsp3) is 0.278. The van der Waals surface area contributed by atoms with E-state index in [-0.39, 0.29) is 11.6 Å². The molecule has 0 radical (unpaired) electrons. The summed E-state index contributed by atoms with van der Waals surface area (Å²) in [4.78, 5) is 27.3. The van der Waals surface area contributed by atoms with Crippen LogP contribution in [0.1, 0.15) is 21.7 Å². The SMILES string of the molecule is Cc1cc(C(=O)NCCNc2ccc([N+](=O)[O-])cc2)c2c(C)nn(C)c2n1. The number of carbonyl (C=O) groups is 1. The number of hydrogen-bond donors (Lipinski definition) is 2. The molecular weight excluding hydrogens is 348 g/mol. The van der Waals surface area contributed by atoms with E-state index in [1.165, 1.54) is 12.1 Å². The summed E-state index contributed by atoms with van der Waals surface area (Å²) in [7, 11) is 1.80. The molecule has 0 saturated carbocycles. The van der Waals surface area contributed by atoms with Crippen LogP contribution in [0.25, 0.3) is 11.0 Å². The number of nitrogens with one attached hydrogen (secondary N) is 2. The molecule has 9 nitrogen and oxygen atoms in total. The van der Waals surface area contributed by atoms with Gasteiger partial charge in [-0.1, -0.05) is 0 Å². The van der Waals surface area contributed by atoms with Crippen molar-refractivity contribution in [2.45, 2.75) is 13.8 Å². The lowest BCUT2D eigenvalue weighted by atomic mass is 10.1. The molecule has 0 unspecified atom stereocenters. The second-order valence-corrected chi connectivity index (χ2v) is 6.21. The second-order valence-electron chi connectivity index (χ2n) is 6.21. The molecule has 0 fully saturated rings. The van der Waals surface area contributed by atoms with Gasteiger partial charge in [-0.15, -0.1) is 0 Å². The van der Waals surface area contributed by atoms with Gasteiger partial charge in [0.25, 0.3) is 11.6 Å². The fourth-order valence-electron chi connectivity index (χ4n) is 2.93. The van der Waals surface area contributed by atoms with Crippen molar-refractivity contribution in [2.75, 3.05) is 18.4 Å². The predicted molar refractivity (Wildman–Crippen MR) is 102 cm³/mol. The summed E-state index contributed by atoms with van der Waals surface area (Å²) in [5, 5.41) is 21.7. The number of nitro groups is 1. The minimum atomic E-state index is -0.443. The first-order chi connectivity index (χ1) is 12.9. The molecule has 0 aliphatic carbocycles. The Morgan fingerprint density at radius 1 is 1.22 bits per heavy atom. The van der Waals surface area contributed by atoms with Gasteiger partial charge in [-0.25, -0.2) is 4.98 Å². The Labute approximate surface area is 155 Å². The summed E-state index contributed by atoms with van der Waals surface area (Å²) in [6, 6.07) is 7.89. The lowest BCUT2D eigenvalue weighted by Gasteiger charge is -2.09. The zero-order valence-electron chi connectivity index (χ0n) is 15.3. The summed E-state index contributed by atoms with van der Waals surface area (Å²) in [6.07, 6.45) is 0. The van der Waals surface area contributed by atoms with Crippen molar-refractivity contribution < 1.29 is 9.72 Å². The first kappa shape index (κ1) is 18.3.